The minimum atomic E-state index is -4.48. The van der Waals surface area contributed by atoms with E-state index in [1.54, 1.807) is 26.0 Å². The summed E-state index contributed by atoms with van der Waals surface area (Å²) in [6, 6.07) is 2.69. The smallest absolute Gasteiger partial charge is 0.279 e. The number of aryl methyl sites for hydroxylation is 1. The van der Waals surface area contributed by atoms with Crippen LogP contribution in [0.5, 0.6) is 0 Å². The number of fused-ring (bicyclic) bond motifs is 3. The van der Waals surface area contributed by atoms with Gasteiger partial charge in [0.1, 0.15) is 5.82 Å². The Morgan fingerprint density at radius 1 is 1.25 bits per heavy atom. The van der Waals surface area contributed by atoms with Crippen molar-refractivity contribution in [2.24, 2.45) is 0 Å². The van der Waals surface area contributed by atoms with Crippen LogP contribution in [0, 0.1) is 18.7 Å². The molecule has 2 atom stereocenters. The molecule has 1 N–H and O–H groups in total. The van der Waals surface area contributed by atoms with Crippen molar-refractivity contribution in [3.8, 4) is 0 Å². The van der Waals surface area contributed by atoms with Gasteiger partial charge in [-0.15, -0.1) is 5.10 Å². The molecule has 1 aliphatic heterocycles. The molecule has 0 saturated carbocycles. The first-order valence-corrected chi connectivity index (χ1v) is 8.75. The van der Waals surface area contributed by atoms with Crippen molar-refractivity contribution >= 4 is 10.9 Å². The zero-order chi connectivity index (χ0) is 20.2. The lowest BCUT2D eigenvalue weighted by Gasteiger charge is -2.42. The number of nitrogens with one attached hydrogen (secondary N) is 1. The molecule has 0 saturated heterocycles. The molecule has 148 valence electrons. The highest BCUT2D eigenvalue weighted by molar-refractivity contribution is 5.84. The van der Waals surface area contributed by atoms with Crippen LogP contribution >= 0.6 is 0 Å². The van der Waals surface area contributed by atoms with E-state index in [0.717, 1.165) is 0 Å². The minimum Gasteiger partial charge on any atom is -0.279 e. The summed E-state index contributed by atoms with van der Waals surface area (Å²) in [4.78, 5) is 5.28. The summed E-state index contributed by atoms with van der Waals surface area (Å²) in [5.41, 5.74) is 1.84. The van der Waals surface area contributed by atoms with Crippen LogP contribution in [0.3, 0.4) is 0 Å². The number of aromatic amines is 1. The average molecular weight is 396 g/mol. The van der Waals surface area contributed by atoms with Crippen LogP contribution in [-0.2, 0) is 6.42 Å². The highest BCUT2D eigenvalue weighted by Gasteiger charge is 2.42. The Kier molecular flexibility index (Phi) is 4.37. The summed E-state index contributed by atoms with van der Waals surface area (Å²) in [6.45, 7) is 2.04. The standard InChI is InChI=1S/C19H17F5N4/c1-9-5-13(20)16(25-7-9)17-11-3-4-14-15(18(21)27-26-14)12(11)6-10(2)28(17)8-19(22,23)24/h3-5,7,10,17H,6,8H2,1-2H3,(H,26,27)/t10-,17+/m1/s1. The summed E-state index contributed by atoms with van der Waals surface area (Å²) < 4.78 is 68.8. The molecule has 0 spiro atoms. The Morgan fingerprint density at radius 2 is 2.00 bits per heavy atom. The van der Waals surface area contributed by atoms with Gasteiger partial charge in [-0.05, 0) is 49.1 Å². The number of rotatable bonds is 2. The monoisotopic (exact) mass is 396 g/mol. The SMILES string of the molecule is Cc1cnc([C@@H]2c3ccc4[nH]nc(F)c4c3C[C@@H](C)N2CC(F)(F)F)c(F)c1. The summed E-state index contributed by atoms with van der Waals surface area (Å²) in [5.74, 6) is -1.41. The molecule has 4 rings (SSSR count). The molecule has 1 aliphatic rings. The van der Waals surface area contributed by atoms with Gasteiger partial charge in [0.15, 0.2) is 0 Å². The van der Waals surface area contributed by atoms with Crippen LogP contribution in [0.15, 0.2) is 24.4 Å². The van der Waals surface area contributed by atoms with Gasteiger partial charge in [0.2, 0.25) is 5.95 Å². The van der Waals surface area contributed by atoms with Crippen molar-refractivity contribution in [1.29, 1.82) is 0 Å². The van der Waals surface area contributed by atoms with Crippen LogP contribution in [0.2, 0.25) is 0 Å². The first-order chi connectivity index (χ1) is 13.2. The Morgan fingerprint density at radius 3 is 2.68 bits per heavy atom. The Balaban J connectivity index is 1.96. The topological polar surface area (TPSA) is 44.8 Å². The van der Waals surface area contributed by atoms with E-state index in [4.69, 9.17) is 0 Å². The van der Waals surface area contributed by atoms with Crippen molar-refractivity contribution in [3.63, 3.8) is 0 Å². The number of alkyl halides is 3. The van der Waals surface area contributed by atoms with E-state index in [9.17, 15) is 22.0 Å². The molecule has 0 unspecified atom stereocenters. The van der Waals surface area contributed by atoms with Crippen molar-refractivity contribution in [2.45, 2.75) is 38.5 Å². The molecule has 3 heterocycles. The van der Waals surface area contributed by atoms with E-state index in [-0.39, 0.29) is 17.5 Å². The highest BCUT2D eigenvalue weighted by Crippen LogP contribution is 2.42. The minimum absolute atomic E-state index is 0.106. The molecule has 9 heteroatoms. The molecule has 0 bridgehead atoms. The first-order valence-electron chi connectivity index (χ1n) is 8.75. The maximum atomic E-state index is 14.7. The van der Waals surface area contributed by atoms with Gasteiger partial charge >= 0.3 is 6.18 Å². The molecule has 0 fully saturated rings. The summed E-state index contributed by atoms with van der Waals surface area (Å²) in [6.07, 6.45) is -2.88. The van der Waals surface area contributed by atoms with Crippen molar-refractivity contribution in [1.82, 2.24) is 20.1 Å². The van der Waals surface area contributed by atoms with Gasteiger partial charge in [-0.1, -0.05) is 6.07 Å². The van der Waals surface area contributed by atoms with E-state index < -0.39 is 36.6 Å². The molecule has 4 nitrogen and oxygen atoms in total. The van der Waals surface area contributed by atoms with E-state index in [1.165, 1.54) is 17.2 Å². The molecule has 0 amide bonds. The molecular weight excluding hydrogens is 379 g/mol. The molecule has 0 radical (unpaired) electrons. The van der Waals surface area contributed by atoms with Gasteiger partial charge in [0.05, 0.1) is 29.2 Å². The van der Waals surface area contributed by atoms with Gasteiger partial charge in [-0.25, -0.2) is 4.39 Å². The fraction of sp³-hybridized carbons (Fsp3) is 0.368. The van der Waals surface area contributed by atoms with Crippen LogP contribution in [0.25, 0.3) is 10.9 Å². The highest BCUT2D eigenvalue weighted by atomic mass is 19.4. The van der Waals surface area contributed by atoms with Crippen molar-refractivity contribution in [3.05, 3.63) is 58.5 Å². The van der Waals surface area contributed by atoms with Crippen molar-refractivity contribution in [2.75, 3.05) is 6.54 Å². The maximum absolute atomic E-state index is 14.7. The molecule has 2 aromatic heterocycles. The quantitative estimate of drug-likeness (QED) is 0.652. The van der Waals surface area contributed by atoms with Crippen LogP contribution < -0.4 is 0 Å². The van der Waals surface area contributed by atoms with Gasteiger partial charge in [-0.2, -0.15) is 17.6 Å². The van der Waals surface area contributed by atoms with Gasteiger partial charge < -0.3 is 0 Å². The fourth-order valence-corrected chi connectivity index (χ4v) is 3.98. The number of pyridine rings is 1. The predicted molar refractivity (Wildman–Crippen MR) is 92.8 cm³/mol. The lowest BCUT2D eigenvalue weighted by molar-refractivity contribution is -0.155. The Labute approximate surface area is 157 Å². The second-order valence-corrected chi connectivity index (χ2v) is 7.19. The first kappa shape index (κ1) is 18.8. The Hall–Kier alpha value is -2.55. The van der Waals surface area contributed by atoms with E-state index in [1.807, 2.05) is 0 Å². The summed E-state index contributed by atoms with van der Waals surface area (Å²) in [5, 5.41) is 6.36. The van der Waals surface area contributed by atoms with Crippen LogP contribution in [0.4, 0.5) is 22.0 Å². The maximum Gasteiger partial charge on any atom is 0.401 e. The number of halogens is 5. The predicted octanol–water partition coefficient (Wildman–Crippen LogP) is 4.44. The molecule has 28 heavy (non-hydrogen) atoms. The number of hydrogen-bond acceptors (Lipinski definition) is 3. The molecule has 3 aromatic rings. The fourth-order valence-electron chi connectivity index (χ4n) is 3.98. The van der Waals surface area contributed by atoms with E-state index in [2.05, 4.69) is 15.2 Å². The van der Waals surface area contributed by atoms with Crippen molar-refractivity contribution < 1.29 is 22.0 Å². The third kappa shape index (κ3) is 3.13. The van der Waals surface area contributed by atoms with Crippen LogP contribution in [-0.4, -0.2) is 38.8 Å². The van der Waals surface area contributed by atoms with Gasteiger partial charge in [-0.3, -0.25) is 15.0 Å². The normalized spacial score (nSPS) is 20.5. The van der Waals surface area contributed by atoms with E-state index >= 15 is 0 Å². The number of hydrogen-bond donors (Lipinski definition) is 1. The lowest BCUT2D eigenvalue weighted by Crippen LogP contribution is -2.47. The number of H-pyrrole nitrogens is 1. The average Bonchev–Trinajstić information content (AvgIpc) is 2.97. The number of benzene rings is 1. The van der Waals surface area contributed by atoms with Gasteiger partial charge in [0.25, 0.3) is 0 Å². The molecule has 0 aliphatic carbocycles. The molecular formula is C19H17F5N4. The second kappa shape index (κ2) is 6.51. The number of nitrogens with zero attached hydrogens (tertiary/aromatic N) is 3. The summed E-state index contributed by atoms with van der Waals surface area (Å²) in [7, 11) is 0. The zero-order valence-corrected chi connectivity index (χ0v) is 15.1. The molecule has 1 aromatic carbocycles. The largest absolute Gasteiger partial charge is 0.401 e. The Bertz CT molecular complexity index is 1040. The third-order valence-electron chi connectivity index (χ3n) is 5.15. The summed E-state index contributed by atoms with van der Waals surface area (Å²) >= 11 is 0. The lowest BCUT2D eigenvalue weighted by atomic mass is 9.84. The third-order valence-corrected chi connectivity index (χ3v) is 5.15. The second-order valence-electron chi connectivity index (χ2n) is 7.19. The van der Waals surface area contributed by atoms with Crippen LogP contribution in [0.1, 0.15) is 35.3 Å². The zero-order valence-electron chi connectivity index (χ0n) is 15.1. The van der Waals surface area contributed by atoms with E-state index in [0.29, 0.717) is 22.2 Å². The van der Waals surface area contributed by atoms with Gasteiger partial charge in [0, 0.05) is 12.2 Å². The number of aromatic nitrogens is 3.